The molecule has 0 aromatic heterocycles. The van der Waals surface area contributed by atoms with Crippen LogP contribution in [0.1, 0.15) is 39.0 Å². The summed E-state index contributed by atoms with van der Waals surface area (Å²) in [5.41, 5.74) is 0. The van der Waals surface area contributed by atoms with E-state index >= 15 is 0 Å². The van der Waals surface area contributed by atoms with E-state index in [4.69, 9.17) is 4.74 Å². The largest absolute Gasteiger partial charge is 0.493 e. The Balaban J connectivity index is 1.50. The monoisotopic (exact) mass is 430 g/mol. The zero-order valence-corrected chi connectivity index (χ0v) is 18.4. The van der Waals surface area contributed by atoms with Crippen molar-refractivity contribution < 1.29 is 17.9 Å². The topological polar surface area (TPSA) is 66.9 Å². The molecule has 162 valence electrons. The van der Waals surface area contributed by atoms with Crippen molar-refractivity contribution in [1.29, 1.82) is 0 Å². The predicted molar refractivity (Wildman–Crippen MR) is 117 cm³/mol. The van der Waals surface area contributed by atoms with E-state index in [-0.39, 0.29) is 5.91 Å². The fourth-order valence-corrected chi connectivity index (χ4v) is 6.28. The lowest BCUT2D eigenvalue weighted by atomic mass is 10.0. The van der Waals surface area contributed by atoms with Crippen LogP contribution >= 0.6 is 0 Å². The van der Waals surface area contributed by atoms with Gasteiger partial charge in [0, 0.05) is 43.4 Å². The van der Waals surface area contributed by atoms with Crippen LogP contribution in [0.15, 0.2) is 41.3 Å². The molecule has 4 rings (SSSR count). The molecule has 6 nitrogen and oxygen atoms in total. The second-order valence-electron chi connectivity index (χ2n) is 8.18. The van der Waals surface area contributed by atoms with Gasteiger partial charge in [0.15, 0.2) is 0 Å². The van der Waals surface area contributed by atoms with E-state index < -0.39 is 10.0 Å². The number of benzene rings is 2. The van der Waals surface area contributed by atoms with Crippen LogP contribution in [0.2, 0.25) is 0 Å². The average molecular weight is 431 g/mol. The number of sulfonamides is 1. The molecule has 1 aliphatic carbocycles. The van der Waals surface area contributed by atoms with Crippen LogP contribution < -0.4 is 4.74 Å². The smallest absolute Gasteiger partial charge is 0.243 e. The van der Waals surface area contributed by atoms with E-state index in [2.05, 4.69) is 0 Å². The number of rotatable bonds is 6. The first kappa shape index (κ1) is 21.1. The molecule has 2 fully saturated rings. The van der Waals surface area contributed by atoms with Crippen LogP contribution in [-0.2, 0) is 14.8 Å². The minimum Gasteiger partial charge on any atom is -0.493 e. The maximum Gasteiger partial charge on any atom is 0.243 e. The summed E-state index contributed by atoms with van der Waals surface area (Å²) in [5.74, 6) is 1.37. The third kappa shape index (κ3) is 4.18. The lowest BCUT2D eigenvalue weighted by molar-refractivity contribution is -0.133. The van der Waals surface area contributed by atoms with E-state index in [1.165, 1.54) is 17.1 Å². The second kappa shape index (κ2) is 8.94. The maximum absolute atomic E-state index is 13.4. The molecular weight excluding hydrogens is 400 g/mol. The summed E-state index contributed by atoms with van der Waals surface area (Å²) in [6, 6.07) is 10.8. The van der Waals surface area contributed by atoms with Gasteiger partial charge in [0.25, 0.3) is 0 Å². The highest BCUT2D eigenvalue weighted by molar-refractivity contribution is 7.89. The highest BCUT2D eigenvalue weighted by atomic mass is 32.2. The molecule has 2 aromatic carbocycles. The van der Waals surface area contributed by atoms with Crippen molar-refractivity contribution in [2.45, 2.75) is 43.9 Å². The number of hydrogen-bond acceptors (Lipinski definition) is 4. The van der Waals surface area contributed by atoms with Gasteiger partial charge in [0.05, 0.1) is 11.5 Å². The van der Waals surface area contributed by atoms with Crippen molar-refractivity contribution in [1.82, 2.24) is 9.21 Å². The predicted octanol–water partition coefficient (Wildman–Crippen LogP) is 3.65. The normalized spacial score (nSPS) is 18.8. The number of carbonyl (C=O) groups is 1. The summed E-state index contributed by atoms with van der Waals surface area (Å²) in [7, 11) is -3.65. The molecule has 0 radical (unpaired) electrons. The third-order valence-electron chi connectivity index (χ3n) is 6.29. The average Bonchev–Trinajstić information content (AvgIpc) is 3.27. The minimum atomic E-state index is -3.65. The van der Waals surface area contributed by atoms with Crippen LogP contribution in [0.5, 0.6) is 5.75 Å². The number of amides is 1. The molecule has 0 N–H and O–H groups in total. The quantitative estimate of drug-likeness (QED) is 0.702. The number of piperazine rings is 1. The SMILES string of the molecule is CCOc1ccc(S(=O)(=O)N2CCN(C(=O)CC3CCCC3)CC2)c2ccccc12. The molecule has 30 heavy (non-hydrogen) atoms. The summed E-state index contributed by atoms with van der Waals surface area (Å²) in [6.07, 6.45) is 5.34. The molecule has 1 saturated carbocycles. The molecule has 0 atom stereocenters. The first-order chi connectivity index (χ1) is 14.5. The van der Waals surface area contributed by atoms with Crippen molar-refractivity contribution in [3.63, 3.8) is 0 Å². The first-order valence-electron chi connectivity index (χ1n) is 10.9. The molecular formula is C23H30N2O4S. The van der Waals surface area contributed by atoms with Crippen LogP contribution in [-0.4, -0.2) is 56.3 Å². The maximum atomic E-state index is 13.4. The minimum absolute atomic E-state index is 0.172. The van der Waals surface area contributed by atoms with Crippen LogP contribution in [0.4, 0.5) is 0 Å². The molecule has 0 spiro atoms. The Hall–Kier alpha value is -2.12. The van der Waals surface area contributed by atoms with Crippen LogP contribution in [0.25, 0.3) is 10.8 Å². The van der Waals surface area contributed by atoms with E-state index in [0.717, 1.165) is 18.2 Å². The highest BCUT2D eigenvalue weighted by Gasteiger charge is 2.32. The van der Waals surface area contributed by atoms with Gasteiger partial charge in [-0.3, -0.25) is 4.79 Å². The Morgan fingerprint density at radius 1 is 1.00 bits per heavy atom. The summed E-state index contributed by atoms with van der Waals surface area (Å²) >= 11 is 0. The Kier molecular flexibility index (Phi) is 6.29. The van der Waals surface area contributed by atoms with Gasteiger partial charge >= 0.3 is 0 Å². The van der Waals surface area contributed by atoms with Crippen molar-refractivity contribution in [2.24, 2.45) is 5.92 Å². The summed E-state index contributed by atoms with van der Waals surface area (Å²) < 4.78 is 34.0. The third-order valence-corrected chi connectivity index (χ3v) is 8.25. The van der Waals surface area contributed by atoms with Gasteiger partial charge in [0.2, 0.25) is 15.9 Å². The van der Waals surface area contributed by atoms with Gasteiger partial charge in [-0.05, 0) is 37.8 Å². The second-order valence-corrected chi connectivity index (χ2v) is 10.1. The van der Waals surface area contributed by atoms with E-state index in [0.29, 0.717) is 61.2 Å². The van der Waals surface area contributed by atoms with Crippen LogP contribution in [0, 0.1) is 5.92 Å². The van der Waals surface area contributed by atoms with Crippen molar-refractivity contribution >= 4 is 26.7 Å². The van der Waals surface area contributed by atoms with Gasteiger partial charge < -0.3 is 9.64 Å². The Labute approximate surface area is 178 Å². The lowest BCUT2D eigenvalue weighted by Crippen LogP contribution is -2.50. The Bertz CT molecular complexity index is 1010. The number of fused-ring (bicyclic) bond motifs is 1. The Morgan fingerprint density at radius 2 is 1.67 bits per heavy atom. The van der Waals surface area contributed by atoms with Gasteiger partial charge in [0.1, 0.15) is 5.75 Å². The van der Waals surface area contributed by atoms with Crippen molar-refractivity contribution in [2.75, 3.05) is 32.8 Å². The molecule has 1 amide bonds. The van der Waals surface area contributed by atoms with Crippen molar-refractivity contribution in [3.05, 3.63) is 36.4 Å². The number of carbonyl (C=O) groups excluding carboxylic acids is 1. The zero-order valence-electron chi connectivity index (χ0n) is 17.5. The highest BCUT2D eigenvalue weighted by Crippen LogP contribution is 2.33. The molecule has 7 heteroatoms. The molecule has 1 aliphatic heterocycles. The van der Waals surface area contributed by atoms with Gasteiger partial charge in [-0.15, -0.1) is 0 Å². The fourth-order valence-electron chi connectivity index (χ4n) is 4.66. The van der Waals surface area contributed by atoms with E-state index in [9.17, 15) is 13.2 Å². The molecule has 2 aromatic rings. The van der Waals surface area contributed by atoms with E-state index in [1.807, 2.05) is 36.1 Å². The number of ether oxygens (including phenoxy) is 1. The molecule has 1 heterocycles. The summed E-state index contributed by atoms with van der Waals surface area (Å²) in [4.78, 5) is 14.7. The molecule has 0 unspecified atom stereocenters. The summed E-state index contributed by atoms with van der Waals surface area (Å²) in [5, 5.41) is 1.47. The van der Waals surface area contributed by atoms with E-state index in [1.54, 1.807) is 12.1 Å². The van der Waals surface area contributed by atoms with Gasteiger partial charge in [-0.2, -0.15) is 4.31 Å². The first-order valence-corrected chi connectivity index (χ1v) is 12.4. The standard InChI is InChI=1S/C23H30N2O4S/c1-2-29-21-11-12-22(20-10-6-5-9-19(20)21)30(27,28)25-15-13-24(14-16-25)23(26)17-18-7-3-4-8-18/h5-6,9-12,18H,2-4,7-8,13-17H2,1H3. The number of hydrogen-bond donors (Lipinski definition) is 0. The molecule has 2 aliphatic rings. The van der Waals surface area contributed by atoms with Gasteiger partial charge in [-0.1, -0.05) is 37.1 Å². The van der Waals surface area contributed by atoms with Crippen molar-refractivity contribution in [3.8, 4) is 5.75 Å². The zero-order chi connectivity index (χ0) is 21.1. The van der Waals surface area contributed by atoms with Crippen LogP contribution in [0.3, 0.4) is 0 Å². The van der Waals surface area contributed by atoms with Gasteiger partial charge in [-0.25, -0.2) is 8.42 Å². The molecule has 0 bridgehead atoms. The number of nitrogens with zero attached hydrogens (tertiary/aromatic N) is 2. The fraction of sp³-hybridized carbons (Fsp3) is 0.522. The lowest BCUT2D eigenvalue weighted by Gasteiger charge is -2.34. The molecule has 1 saturated heterocycles. The Morgan fingerprint density at radius 3 is 2.33 bits per heavy atom. The summed E-state index contributed by atoms with van der Waals surface area (Å²) in [6.45, 7) is 4.01.